The lowest BCUT2D eigenvalue weighted by atomic mass is 10.1. The van der Waals surface area contributed by atoms with Crippen molar-refractivity contribution in [2.75, 3.05) is 17.5 Å². The molecule has 0 spiro atoms. The van der Waals surface area contributed by atoms with Gasteiger partial charge in [-0.15, -0.1) is 0 Å². The third kappa shape index (κ3) is 4.42. The Balaban J connectivity index is 2.45. The van der Waals surface area contributed by atoms with E-state index in [1.54, 1.807) is 18.2 Å². The van der Waals surface area contributed by atoms with Gasteiger partial charge in [0.2, 0.25) is 0 Å². The number of hydrogen-bond donors (Lipinski definition) is 1. The molecular formula is C11H14F2IN. The molecule has 0 unspecified atom stereocenters. The van der Waals surface area contributed by atoms with E-state index in [0.717, 1.165) is 10.8 Å². The van der Waals surface area contributed by atoms with Gasteiger partial charge in [0.15, 0.2) is 0 Å². The maximum absolute atomic E-state index is 13.5. The number of rotatable bonds is 6. The molecule has 1 N–H and O–H groups in total. The predicted octanol–water partition coefficient (Wildman–Crippen LogP) is 3.19. The standard InChI is InChI=1S/C11H14F2IN/c12-11(13,9-15-8-4-7-14)10-5-2-1-3-6-10/h1-3,5-6,15H,4,7-9H2. The molecule has 0 bridgehead atoms. The minimum Gasteiger partial charge on any atom is -0.311 e. The minimum absolute atomic E-state index is 0.0759. The second-order valence-corrected chi connectivity index (χ2v) is 4.37. The van der Waals surface area contributed by atoms with E-state index < -0.39 is 5.92 Å². The number of halogens is 3. The van der Waals surface area contributed by atoms with Crippen LogP contribution in [0.3, 0.4) is 0 Å². The molecule has 0 aromatic heterocycles. The van der Waals surface area contributed by atoms with E-state index >= 15 is 0 Å². The molecular weight excluding hydrogens is 311 g/mol. The van der Waals surface area contributed by atoms with E-state index in [1.165, 1.54) is 12.1 Å². The summed E-state index contributed by atoms with van der Waals surface area (Å²) in [5, 5.41) is 2.77. The highest BCUT2D eigenvalue weighted by molar-refractivity contribution is 14.1. The first-order valence-electron chi connectivity index (χ1n) is 4.87. The molecule has 0 saturated heterocycles. The summed E-state index contributed by atoms with van der Waals surface area (Å²) in [6, 6.07) is 7.92. The minimum atomic E-state index is -2.77. The van der Waals surface area contributed by atoms with Crippen molar-refractivity contribution >= 4 is 22.6 Å². The molecule has 84 valence electrons. The zero-order valence-corrected chi connectivity index (χ0v) is 10.5. The number of alkyl halides is 3. The van der Waals surface area contributed by atoms with Crippen LogP contribution >= 0.6 is 22.6 Å². The summed E-state index contributed by atoms with van der Waals surface area (Å²) in [6.45, 7) is 0.360. The third-order valence-electron chi connectivity index (χ3n) is 2.03. The van der Waals surface area contributed by atoms with Crippen molar-refractivity contribution < 1.29 is 8.78 Å². The summed E-state index contributed by atoms with van der Waals surface area (Å²) >= 11 is 2.23. The van der Waals surface area contributed by atoms with E-state index in [-0.39, 0.29) is 12.1 Å². The molecule has 0 amide bonds. The Morgan fingerprint density at radius 3 is 2.47 bits per heavy atom. The molecule has 1 aromatic carbocycles. The fourth-order valence-electron chi connectivity index (χ4n) is 1.22. The van der Waals surface area contributed by atoms with Crippen LogP contribution in [-0.4, -0.2) is 17.5 Å². The van der Waals surface area contributed by atoms with Gasteiger partial charge in [0.1, 0.15) is 0 Å². The topological polar surface area (TPSA) is 12.0 Å². The number of nitrogens with one attached hydrogen (secondary N) is 1. The van der Waals surface area contributed by atoms with E-state index in [2.05, 4.69) is 27.9 Å². The van der Waals surface area contributed by atoms with E-state index in [0.29, 0.717) is 6.54 Å². The molecule has 0 atom stereocenters. The van der Waals surface area contributed by atoms with Crippen LogP contribution in [0.25, 0.3) is 0 Å². The van der Waals surface area contributed by atoms with Gasteiger partial charge in [0.05, 0.1) is 6.54 Å². The van der Waals surface area contributed by atoms with E-state index in [9.17, 15) is 8.78 Å². The molecule has 4 heteroatoms. The van der Waals surface area contributed by atoms with Crippen LogP contribution in [0.5, 0.6) is 0 Å². The molecule has 15 heavy (non-hydrogen) atoms. The van der Waals surface area contributed by atoms with Gasteiger partial charge in [0.25, 0.3) is 5.92 Å². The van der Waals surface area contributed by atoms with Gasteiger partial charge in [-0.2, -0.15) is 8.78 Å². The average molecular weight is 325 g/mol. The monoisotopic (exact) mass is 325 g/mol. The fraction of sp³-hybridized carbons (Fsp3) is 0.455. The Hall–Kier alpha value is -0.230. The van der Waals surface area contributed by atoms with Crippen molar-refractivity contribution in [1.82, 2.24) is 5.32 Å². The molecule has 1 aromatic rings. The van der Waals surface area contributed by atoms with Crippen LogP contribution in [-0.2, 0) is 5.92 Å². The van der Waals surface area contributed by atoms with Crippen molar-refractivity contribution in [3.63, 3.8) is 0 Å². The molecule has 0 fully saturated rings. The average Bonchev–Trinajstić information content (AvgIpc) is 2.26. The van der Waals surface area contributed by atoms with Crippen LogP contribution in [0.4, 0.5) is 8.78 Å². The van der Waals surface area contributed by atoms with Gasteiger partial charge in [-0.3, -0.25) is 0 Å². The smallest absolute Gasteiger partial charge is 0.285 e. The van der Waals surface area contributed by atoms with Gasteiger partial charge in [-0.25, -0.2) is 0 Å². The highest BCUT2D eigenvalue weighted by Gasteiger charge is 2.30. The fourth-order valence-corrected chi connectivity index (χ4v) is 1.60. The summed E-state index contributed by atoms with van der Waals surface area (Å²) < 4.78 is 28.0. The van der Waals surface area contributed by atoms with E-state index in [4.69, 9.17) is 0 Å². The quantitative estimate of drug-likeness (QED) is 0.481. The van der Waals surface area contributed by atoms with Gasteiger partial charge in [-0.05, 0) is 13.0 Å². The first-order chi connectivity index (χ1) is 7.17. The maximum atomic E-state index is 13.5. The highest BCUT2D eigenvalue weighted by atomic mass is 127. The van der Waals surface area contributed by atoms with Crippen LogP contribution in [0, 0.1) is 0 Å². The van der Waals surface area contributed by atoms with Crippen molar-refractivity contribution in [2.45, 2.75) is 12.3 Å². The first-order valence-corrected chi connectivity index (χ1v) is 6.39. The molecule has 0 aliphatic rings. The summed E-state index contributed by atoms with van der Waals surface area (Å²) in [6.07, 6.45) is 0.922. The largest absolute Gasteiger partial charge is 0.311 e. The normalized spacial score (nSPS) is 11.7. The van der Waals surface area contributed by atoms with Crippen molar-refractivity contribution in [1.29, 1.82) is 0 Å². The Kier molecular flexibility index (Phi) is 5.45. The van der Waals surface area contributed by atoms with Crippen LogP contribution in [0.2, 0.25) is 0 Å². The Labute approximate surface area is 102 Å². The zero-order valence-electron chi connectivity index (χ0n) is 8.35. The summed E-state index contributed by atoms with van der Waals surface area (Å²) in [5.74, 6) is -2.77. The van der Waals surface area contributed by atoms with Gasteiger partial charge < -0.3 is 5.32 Å². The molecule has 1 nitrogen and oxygen atoms in total. The van der Waals surface area contributed by atoms with Gasteiger partial charge in [0, 0.05) is 9.99 Å². The lowest BCUT2D eigenvalue weighted by Gasteiger charge is -2.17. The van der Waals surface area contributed by atoms with Crippen molar-refractivity contribution in [2.24, 2.45) is 0 Å². The van der Waals surface area contributed by atoms with Crippen molar-refractivity contribution in [3.8, 4) is 0 Å². The summed E-state index contributed by atoms with van der Waals surface area (Å²) in [7, 11) is 0. The number of hydrogen-bond acceptors (Lipinski definition) is 1. The summed E-state index contributed by atoms with van der Waals surface area (Å²) in [4.78, 5) is 0. The second-order valence-electron chi connectivity index (χ2n) is 3.29. The van der Waals surface area contributed by atoms with Crippen molar-refractivity contribution in [3.05, 3.63) is 35.9 Å². The van der Waals surface area contributed by atoms with Crippen LogP contribution in [0.1, 0.15) is 12.0 Å². The molecule has 1 rings (SSSR count). The van der Waals surface area contributed by atoms with E-state index in [1.807, 2.05) is 0 Å². The Bertz CT molecular complexity index is 277. The Morgan fingerprint density at radius 2 is 1.87 bits per heavy atom. The predicted molar refractivity (Wildman–Crippen MR) is 66.7 cm³/mol. The second kappa shape index (κ2) is 6.37. The van der Waals surface area contributed by atoms with Gasteiger partial charge in [-0.1, -0.05) is 52.9 Å². The SMILES string of the molecule is FC(F)(CNCCCI)c1ccccc1. The zero-order chi connectivity index (χ0) is 11.1. The van der Waals surface area contributed by atoms with Gasteiger partial charge >= 0.3 is 0 Å². The third-order valence-corrected chi connectivity index (χ3v) is 2.79. The maximum Gasteiger partial charge on any atom is 0.285 e. The molecule has 0 saturated carbocycles. The molecule has 0 heterocycles. The number of benzene rings is 1. The summed E-state index contributed by atoms with van der Waals surface area (Å²) in [5.41, 5.74) is 0.0759. The lowest BCUT2D eigenvalue weighted by molar-refractivity contribution is -0.00288. The lowest BCUT2D eigenvalue weighted by Crippen LogP contribution is -2.31. The molecule has 0 aliphatic heterocycles. The highest BCUT2D eigenvalue weighted by Crippen LogP contribution is 2.26. The Morgan fingerprint density at radius 1 is 1.20 bits per heavy atom. The molecule has 0 radical (unpaired) electrons. The van der Waals surface area contributed by atoms with Crippen LogP contribution < -0.4 is 5.32 Å². The first kappa shape index (κ1) is 12.8. The van der Waals surface area contributed by atoms with Crippen LogP contribution in [0.15, 0.2) is 30.3 Å². The molecule has 0 aliphatic carbocycles.